The average Bonchev–Trinajstić information content (AvgIpc) is 3.35. The highest BCUT2D eigenvalue weighted by Gasteiger charge is 2.72. The van der Waals surface area contributed by atoms with Crippen molar-refractivity contribution in [1.29, 1.82) is 0 Å². The Morgan fingerprint density at radius 1 is 1.15 bits per heavy atom. The molecule has 5 rings (SSSR count). The molecule has 0 radical (unpaired) electrons. The fraction of sp³-hybridized carbons (Fsp3) is 0.533. The third-order valence-corrected chi connectivity index (χ3v) is 8.95. The summed E-state index contributed by atoms with van der Waals surface area (Å²) in [7, 11) is 1.92. The van der Waals surface area contributed by atoms with Crippen LogP contribution < -0.4 is 4.74 Å². The van der Waals surface area contributed by atoms with Gasteiger partial charge in [0, 0.05) is 24.9 Å². The smallest absolute Gasteiger partial charge is 0.446 e. The number of benzene rings is 1. The summed E-state index contributed by atoms with van der Waals surface area (Å²) in [4.78, 5) is 71.1. The van der Waals surface area contributed by atoms with Crippen LogP contribution in [0.3, 0.4) is 0 Å². The van der Waals surface area contributed by atoms with Crippen LogP contribution in [0.5, 0.6) is 11.5 Å². The number of likely N-dealkylation sites (N-methyl/N-ethyl adjacent to an activating group) is 1. The van der Waals surface area contributed by atoms with Gasteiger partial charge in [-0.2, -0.15) is 13.2 Å². The molecule has 2 aliphatic carbocycles. The molecule has 7 atom stereocenters. The lowest BCUT2D eigenvalue weighted by Gasteiger charge is -2.61. The number of rotatable bonds is 9. The molecule has 2 heterocycles. The van der Waals surface area contributed by atoms with Gasteiger partial charge >= 0.3 is 36.0 Å². The van der Waals surface area contributed by atoms with Crippen LogP contribution in [0.4, 0.5) is 13.2 Å². The van der Waals surface area contributed by atoms with Gasteiger partial charge in [0.05, 0.1) is 17.4 Å². The Kier molecular flexibility index (Phi) is 9.83. The Morgan fingerprint density at radius 2 is 1.79 bits per heavy atom. The predicted molar refractivity (Wildman–Crippen MR) is 149 cm³/mol. The van der Waals surface area contributed by atoms with Crippen molar-refractivity contribution in [3.63, 3.8) is 0 Å². The first-order valence-corrected chi connectivity index (χ1v) is 14.5. The SMILES string of the molecule is CC(=O)O[C@@H](C(=O)O[C@H](CC(=O)O)C(=O)O)[C@@H](C)C(=O)OC1=CC[C@@]2(O)[C@H]3Cc4ccc(O)c5c4[C@@]2(CCN3C)[C@H]1O5.O=CC(F)(F)F. The molecule has 4 aliphatic rings. The first-order valence-electron chi connectivity index (χ1n) is 14.5. The maximum atomic E-state index is 13.4. The van der Waals surface area contributed by atoms with Crippen LogP contribution in [-0.2, 0) is 54.8 Å². The highest BCUT2D eigenvalue weighted by atomic mass is 19.4. The summed E-state index contributed by atoms with van der Waals surface area (Å²) in [5.41, 5.74) is -0.773. The number of phenols is 1. The van der Waals surface area contributed by atoms with Crippen LogP contribution in [0, 0.1) is 5.92 Å². The number of aromatic hydroxyl groups is 1. The van der Waals surface area contributed by atoms with Crippen molar-refractivity contribution in [2.75, 3.05) is 13.6 Å². The van der Waals surface area contributed by atoms with E-state index in [0.717, 1.165) is 12.5 Å². The number of aliphatic hydroxyl groups is 1. The number of carbonyl (C=O) groups is 6. The van der Waals surface area contributed by atoms with E-state index >= 15 is 0 Å². The van der Waals surface area contributed by atoms with E-state index in [9.17, 15) is 52.5 Å². The average molecular weight is 688 g/mol. The number of piperidine rings is 1. The zero-order valence-electron chi connectivity index (χ0n) is 25.7. The van der Waals surface area contributed by atoms with Crippen LogP contribution in [0.25, 0.3) is 0 Å². The Bertz CT molecular complexity index is 1560. The Morgan fingerprint density at radius 3 is 2.35 bits per heavy atom. The minimum Gasteiger partial charge on any atom is -0.504 e. The fourth-order valence-corrected chi connectivity index (χ4v) is 6.85. The van der Waals surface area contributed by atoms with E-state index in [4.69, 9.17) is 28.8 Å². The second kappa shape index (κ2) is 13.1. The summed E-state index contributed by atoms with van der Waals surface area (Å²) in [5, 5.41) is 41.0. The van der Waals surface area contributed by atoms with Crippen molar-refractivity contribution < 1.29 is 81.3 Å². The highest BCUT2D eigenvalue weighted by Crippen LogP contribution is 2.65. The molecule has 4 N–H and O–H groups in total. The van der Waals surface area contributed by atoms with Crippen molar-refractivity contribution in [3.05, 3.63) is 35.1 Å². The lowest BCUT2D eigenvalue weighted by molar-refractivity contribution is -0.185. The minimum absolute atomic E-state index is 0.0347. The molecule has 48 heavy (non-hydrogen) atoms. The topological polar surface area (TPSA) is 224 Å². The van der Waals surface area contributed by atoms with E-state index in [0.29, 0.717) is 24.9 Å². The number of nitrogens with zero attached hydrogens (tertiary/aromatic N) is 1. The normalized spacial score (nSPS) is 26.9. The molecule has 18 heteroatoms. The summed E-state index contributed by atoms with van der Waals surface area (Å²) < 4.78 is 52.9. The van der Waals surface area contributed by atoms with Gasteiger partial charge in [-0.15, -0.1) is 0 Å². The Hall–Kier alpha value is -4.71. The number of likely N-dealkylation sites (tertiary alicyclic amines) is 1. The van der Waals surface area contributed by atoms with E-state index in [1.807, 2.05) is 7.05 Å². The van der Waals surface area contributed by atoms with Gasteiger partial charge in [-0.1, -0.05) is 6.07 Å². The molecule has 2 bridgehead atoms. The molecular weight excluding hydrogens is 655 g/mol. The molecule has 1 spiro atoms. The molecule has 0 saturated carbocycles. The summed E-state index contributed by atoms with van der Waals surface area (Å²) >= 11 is 0. The van der Waals surface area contributed by atoms with Crippen molar-refractivity contribution in [1.82, 2.24) is 4.90 Å². The van der Waals surface area contributed by atoms with Gasteiger partial charge in [-0.25, -0.2) is 9.59 Å². The summed E-state index contributed by atoms with van der Waals surface area (Å²) in [6, 6.07) is 3.04. The van der Waals surface area contributed by atoms with Crippen LogP contribution in [-0.4, -0.2) is 111 Å². The Balaban J connectivity index is 0.000000794. The number of esters is 3. The minimum atomic E-state index is -4.64. The number of hydrogen-bond donors (Lipinski definition) is 4. The van der Waals surface area contributed by atoms with Crippen molar-refractivity contribution in [2.45, 2.75) is 81.1 Å². The lowest BCUT2D eigenvalue weighted by Crippen LogP contribution is -2.74. The highest BCUT2D eigenvalue weighted by molar-refractivity contribution is 5.88. The zero-order chi connectivity index (χ0) is 35.9. The number of carboxylic acids is 2. The van der Waals surface area contributed by atoms with Crippen LogP contribution in [0.15, 0.2) is 24.0 Å². The third kappa shape index (κ3) is 6.41. The van der Waals surface area contributed by atoms with E-state index < -0.39 is 84.0 Å². The number of alkyl halides is 3. The van der Waals surface area contributed by atoms with E-state index in [2.05, 4.69) is 4.90 Å². The van der Waals surface area contributed by atoms with Gasteiger partial charge in [0.15, 0.2) is 17.6 Å². The second-order valence-electron chi connectivity index (χ2n) is 11.9. The van der Waals surface area contributed by atoms with Crippen molar-refractivity contribution in [2.24, 2.45) is 5.92 Å². The number of phenolic OH excluding ortho intramolecular Hbond substituents is 1. The van der Waals surface area contributed by atoms with Crippen molar-refractivity contribution in [3.8, 4) is 11.5 Å². The zero-order valence-corrected chi connectivity index (χ0v) is 25.7. The molecular formula is C30H32F3NO14. The van der Waals surface area contributed by atoms with E-state index in [-0.39, 0.29) is 29.7 Å². The standard InChI is InChI=1S/C28H31NO13.C2HF3O/c1-12(21(39-13(2)30)26(37)41-17(24(34)35)11-19(32)33)25(36)40-16-6-7-28(38)18-10-14-4-5-15(31)22-20(14)27(28,23(16)42-22)8-9-29(18)3;3-2(4,5)1-6/h4-6,12,17-18,21,23,31,38H,7-11H2,1-3H3,(H,32,33)(H,34,35);1H/t12-,17-,18-,21-,23+,27+,28-;/m1./s1. The van der Waals surface area contributed by atoms with E-state index in [1.54, 1.807) is 6.07 Å². The molecule has 1 aromatic carbocycles. The lowest BCUT2D eigenvalue weighted by atomic mass is 9.50. The second-order valence-corrected chi connectivity index (χ2v) is 11.9. The quantitative estimate of drug-likeness (QED) is 0.161. The van der Waals surface area contributed by atoms with Gasteiger partial charge in [0.1, 0.15) is 11.7 Å². The third-order valence-electron chi connectivity index (χ3n) is 8.95. The van der Waals surface area contributed by atoms with Gasteiger partial charge in [0.25, 0.3) is 0 Å². The number of carbonyl (C=O) groups excluding carboxylic acids is 4. The van der Waals surface area contributed by atoms with Gasteiger partial charge in [-0.3, -0.25) is 19.2 Å². The fourth-order valence-electron chi connectivity index (χ4n) is 6.85. The summed E-state index contributed by atoms with van der Waals surface area (Å²) in [6.45, 7) is 2.75. The number of hydrogen-bond acceptors (Lipinski definition) is 13. The number of ether oxygens (including phenoxy) is 4. The van der Waals surface area contributed by atoms with Crippen LogP contribution >= 0.6 is 0 Å². The molecule has 1 saturated heterocycles. The molecule has 1 fully saturated rings. The molecule has 0 unspecified atom stereocenters. The number of halogens is 3. The van der Waals surface area contributed by atoms with Gasteiger partial charge in [0.2, 0.25) is 18.5 Å². The maximum Gasteiger partial charge on any atom is 0.446 e. The van der Waals surface area contributed by atoms with Crippen LogP contribution in [0.2, 0.25) is 0 Å². The molecule has 0 amide bonds. The maximum absolute atomic E-state index is 13.4. The summed E-state index contributed by atoms with van der Waals surface area (Å²) in [5.74, 6) is -8.19. The molecule has 0 aromatic heterocycles. The van der Waals surface area contributed by atoms with Gasteiger partial charge < -0.3 is 44.3 Å². The first-order chi connectivity index (χ1) is 22.3. The molecule has 1 aromatic rings. The number of carboxylic acid groups (broad SMARTS) is 2. The van der Waals surface area contributed by atoms with Gasteiger partial charge in [-0.05, 0) is 51.1 Å². The number of aldehydes is 1. The first kappa shape index (κ1) is 36.1. The monoisotopic (exact) mass is 687 g/mol. The Labute approximate surface area is 269 Å². The molecule has 2 aliphatic heterocycles. The molecule has 262 valence electrons. The predicted octanol–water partition coefficient (Wildman–Crippen LogP) is 1.000. The largest absolute Gasteiger partial charge is 0.504 e. The van der Waals surface area contributed by atoms with E-state index in [1.165, 1.54) is 19.1 Å². The number of aliphatic carboxylic acids is 2. The summed E-state index contributed by atoms with van der Waals surface area (Å²) in [6.07, 6.45) is -9.23. The van der Waals surface area contributed by atoms with Crippen LogP contribution in [0.1, 0.15) is 44.2 Å². The molecule has 15 nitrogen and oxygen atoms in total. The van der Waals surface area contributed by atoms with Crippen molar-refractivity contribution >= 4 is 36.1 Å².